The molecular formula is C30H49ClN4O. The number of hydrogen-bond donors (Lipinski definition) is 1. The van der Waals surface area contributed by atoms with Gasteiger partial charge in [-0.3, -0.25) is 0 Å². The first-order valence-electron chi connectivity index (χ1n) is 14.5. The molecule has 5 nitrogen and oxygen atoms in total. The first-order valence-corrected chi connectivity index (χ1v) is 14.9. The number of halogens is 1. The van der Waals surface area contributed by atoms with Crippen molar-refractivity contribution in [2.24, 2.45) is 5.92 Å². The largest absolute Gasteiger partial charge is 0.463 e. The number of rotatable bonds is 21. The van der Waals surface area contributed by atoms with E-state index in [1.807, 2.05) is 24.3 Å². The molecule has 0 radical (unpaired) electrons. The van der Waals surface area contributed by atoms with Gasteiger partial charge in [0.1, 0.15) is 0 Å². The fourth-order valence-electron chi connectivity index (χ4n) is 4.50. The maximum absolute atomic E-state index is 6.18. The third-order valence-electron chi connectivity index (χ3n) is 6.78. The summed E-state index contributed by atoms with van der Waals surface area (Å²) in [6.45, 7) is 7.24. The van der Waals surface area contributed by atoms with E-state index in [-0.39, 0.29) is 5.28 Å². The Morgan fingerprint density at radius 2 is 1.25 bits per heavy atom. The molecule has 1 N–H and O–H groups in total. The number of aryl methyl sites for hydroxylation is 1. The van der Waals surface area contributed by atoms with E-state index in [9.17, 15) is 0 Å². The highest BCUT2D eigenvalue weighted by molar-refractivity contribution is 6.28. The molecular weight excluding hydrogens is 468 g/mol. The average Bonchev–Trinajstić information content (AvgIpc) is 2.86. The summed E-state index contributed by atoms with van der Waals surface area (Å²) >= 11 is 6.18. The Morgan fingerprint density at radius 1 is 0.722 bits per heavy atom. The summed E-state index contributed by atoms with van der Waals surface area (Å²) in [5.41, 5.74) is 2.11. The molecule has 2 rings (SSSR count). The molecule has 6 heteroatoms. The molecule has 0 saturated heterocycles. The Bertz CT molecular complexity index is 815. The highest BCUT2D eigenvalue weighted by Gasteiger charge is 2.13. The minimum absolute atomic E-state index is 0.144. The van der Waals surface area contributed by atoms with Crippen LogP contribution in [0.15, 0.2) is 24.3 Å². The van der Waals surface area contributed by atoms with Crippen LogP contribution < -0.4 is 10.1 Å². The van der Waals surface area contributed by atoms with Crippen molar-refractivity contribution in [1.82, 2.24) is 15.0 Å². The molecule has 0 saturated carbocycles. The number of hydrogen-bond acceptors (Lipinski definition) is 5. The van der Waals surface area contributed by atoms with Gasteiger partial charge in [0.15, 0.2) is 0 Å². The van der Waals surface area contributed by atoms with Crippen LogP contribution in [0, 0.1) is 12.8 Å². The predicted molar refractivity (Wildman–Crippen MR) is 154 cm³/mol. The fraction of sp³-hybridized carbons (Fsp3) is 0.700. The Labute approximate surface area is 225 Å². The summed E-state index contributed by atoms with van der Waals surface area (Å²) in [6, 6.07) is 8.37. The van der Waals surface area contributed by atoms with Gasteiger partial charge in [-0.1, -0.05) is 121 Å². The van der Waals surface area contributed by atoms with Crippen molar-refractivity contribution in [3.63, 3.8) is 0 Å². The standard InChI is InChI=1S/C30H49ClN4O/c1-4-6-8-10-12-13-15-17-19-26(18-16-14-11-9-7-5-2)24-36-30-34-28(31)33-29(35-30)32-27-22-20-25(3)21-23-27/h20-23,26H,4-19,24H2,1-3H3,(H,32,33,34,35). The van der Waals surface area contributed by atoms with Crippen molar-refractivity contribution in [2.75, 3.05) is 11.9 Å². The van der Waals surface area contributed by atoms with E-state index in [0.29, 0.717) is 24.5 Å². The third kappa shape index (κ3) is 14.0. The first-order chi connectivity index (χ1) is 17.6. The van der Waals surface area contributed by atoms with E-state index in [4.69, 9.17) is 16.3 Å². The monoisotopic (exact) mass is 516 g/mol. The minimum atomic E-state index is 0.144. The zero-order chi connectivity index (χ0) is 25.8. The second kappa shape index (κ2) is 19.3. The quantitative estimate of drug-likeness (QED) is 0.167. The van der Waals surface area contributed by atoms with E-state index in [0.717, 1.165) is 5.69 Å². The van der Waals surface area contributed by atoms with Gasteiger partial charge in [-0.05, 0) is 49.4 Å². The van der Waals surface area contributed by atoms with Crippen molar-refractivity contribution in [3.05, 3.63) is 35.1 Å². The number of benzene rings is 1. The lowest BCUT2D eigenvalue weighted by molar-refractivity contribution is 0.209. The number of anilines is 2. The lowest BCUT2D eigenvalue weighted by atomic mass is 9.94. The molecule has 1 aromatic carbocycles. The van der Waals surface area contributed by atoms with Crippen LogP contribution >= 0.6 is 11.6 Å². The summed E-state index contributed by atoms with van der Waals surface area (Å²) < 4.78 is 6.08. The van der Waals surface area contributed by atoms with E-state index < -0.39 is 0 Å². The second-order valence-corrected chi connectivity index (χ2v) is 10.5. The van der Waals surface area contributed by atoms with Gasteiger partial charge in [0.25, 0.3) is 0 Å². The number of nitrogens with zero attached hydrogens (tertiary/aromatic N) is 3. The molecule has 0 amide bonds. The van der Waals surface area contributed by atoms with Gasteiger partial charge in [0.05, 0.1) is 6.61 Å². The number of aromatic nitrogens is 3. The number of nitrogens with one attached hydrogen (secondary N) is 1. The molecule has 0 aliphatic rings. The highest BCUT2D eigenvalue weighted by Crippen LogP contribution is 2.22. The SMILES string of the molecule is CCCCCCCCCCC(CCCCCCCC)COc1nc(Cl)nc(Nc2ccc(C)cc2)n1. The summed E-state index contributed by atoms with van der Waals surface area (Å²) in [6.07, 6.45) is 21.1. The average molecular weight is 517 g/mol. The first kappa shape index (κ1) is 30.3. The van der Waals surface area contributed by atoms with E-state index in [2.05, 4.69) is 41.0 Å². The maximum atomic E-state index is 6.18. The summed E-state index contributed by atoms with van der Waals surface area (Å²) in [7, 11) is 0. The molecule has 1 aromatic heterocycles. The molecule has 1 unspecified atom stereocenters. The van der Waals surface area contributed by atoms with E-state index in [1.54, 1.807) is 0 Å². The van der Waals surface area contributed by atoms with Crippen LogP contribution in [0.5, 0.6) is 6.01 Å². The van der Waals surface area contributed by atoms with Crippen molar-refractivity contribution < 1.29 is 4.74 Å². The van der Waals surface area contributed by atoms with E-state index >= 15 is 0 Å². The Balaban J connectivity index is 1.83. The molecule has 0 bridgehead atoms. The summed E-state index contributed by atoms with van der Waals surface area (Å²) in [5, 5.41) is 3.34. The fourth-order valence-corrected chi connectivity index (χ4v) is 4.65. The molecule has 1 atom stereocenters. The van der Waals surface area contributed by atoms with Crippen molar-refractivity contribution in [1.29, 1.82) is 0 Å². The summed E-state index contributed by atoms with van der Waals surface area (Å²) in [4.78, 5) is 12.9. The van der Waals surface area contributed by atoms with Crippen molar-refractivity contribution >= 4 is 23.2 Å². The van der Waals surface area contributed by atoms with Crippen LogP contribution in [0.1, 0.15) is 122 Å². The Hall–Kier alpha value is -1.88. The molecule has 0 spiro atoms. The van der Waals surface area contributed by atoms with Crippen LogP contribution in [0.4, 0.5) is 11.6 Å². The number of unbranched alkanes of at least 4 members (excludes halogenated alkanes) is 12. The Morgan fingerprint density at radius 3 is 1.81 bits per heavy atom. The number of ether oxygens (including phenoxy) is 1. The zero-order valence-corrected chi connectivity index (χ0v) is 23.8. The molecule has 202 valence electrons. The van der Waals surface area contributed by atoms with Crippen LogP contribution in [0.2, 0.25) is 5.28 Å². The van der Waals surface area contributed by atoms with Gasteiger partial charge < -0.3 is 10.1 Å². The van der Waals surface area contributed by atoms with Gasteiger partial charge in [0, 0.05) is 5.69 Å². The molecule has 0 aliphatic carbocycles. The van der Waals surface area contributed by atoms with E-state index in [1.165, 1.54) is 108 Å². The topological polar surface area (TPSA) is 59.9 Å². The van der Waals surface area contributed by atoms with Crippen LogP contribution in [0.3, 0.4) is 0 Å². The predicted octanol–water partition coefficient (Wildman–Crippen LogP) is 9.85. The van der Waals surface area contributed by atoms with Gasteiger partial charge in [-0.2, -0.15) is 15.0 Å². The molecule has 0 fully saturated rings. The van der Waals surface area contributed by atoms with Gasteiger partial charge in [-0.15, -0.1) is 0 Å². The van der Waals surface area contributed by atoms with Crippen LogP contribution in [0.25, 0.3) is 0 Å². The molecule has 2 aromatic rings. The smallest absolute Gasteiger partial charge is 0.322 e. The lowest BCUT2D eigenvalue weighted by Gasteiger charge is -2.17. The van der Waals surface area contributed by atoms with Crippen LogP contribution in [-0.2, 0) is 0 Å². The van der Waals surface area contributed by atoms with Gasteiger partial charge in [0.2, 0.25) is 11.2 Å². The summed E-state index contributed by atoms with van der Waals surface area (Å²) in [5.74, 6) is 0.935. The van der Waals surface area contributed by atoms with Crippen molar-refractivity contribution in [3.8, 4) is 6.01 Å². The third-order valence-corrected chi connectivity index (χ3v) is 6.94. The van der Waals surface area contributed by atoms with Gasteiger partial charge in [-0.25, -0.2) is 0 Å². The molecule has 0 aliphatic heterocycles. The Kier molecular flexibility index (Phi) is 16.2. The normalized spacial score (nSPS) is 12.0. The zero-order valence-electron chi connectivity index (χ0n) is 23.0. The lowest BCUT2D eigenvalue weighted by Crippen LogP contribution is -2.14. The highest BCUT2D eigenvalue weighted by atomic mass is 35.5. The minimum Gasteiger partial charge on any atom is -0.463 e. The van der Waals surface area contributed by atoms with Gasteiger partial charge >= 0.3 is 6.01 Å². The molecule has 1 heterocycles. The maximum Gasteiger partial charge on any atom is 0.322 e. The van der Waals surface area contributed by atoms with Crippen LogP contribution in [-0.4, -0.2) is 21.6 Å². The molecule has 36 heavy (non-hydrogen) atoms. The second-order valence-electron chi connectivity index (χ2n) is 10.2. The van der Waals surface area contributed by atoms with Crippen molar-refractivity contribution in [2.45, 2.75) is 124 Å².